The molecule has 2 atom stereocenters. The largest absolute Gasteiger partial charge is 0.371 e. The van der Waals surface area contributed by atoms with E-state index in [1.165, 1.54) is 0 Å². The van der Waals surface area contributed by atoms with Crippen molar-refractivity contribution in [1.82, 2.24) is 0 Å². The molecule has 1 aromatic carbocycles. The lowest BCUT2D eigenvalue weighted by Gasteiger charge is -2.33. The predicted molar refractivity (Wildman–Crippen MR) is 86.9 cm³/mol. The van der Waals surface area contributed by atoms with Gasteiger partial charge in [-0.05, 0) is 58.3 Å². The second kappa shape index (κ2) is 5.23. The number of hydrogen-bond acceptors (Lipinski definition) is 2. The zero-order chi connectivity index (χ0) is 15.1. The van der Waals surface area contributed by atoms with E-state index in [9.17, 15) is 4.79 Å². The van der Waals surface area contributed by atoms with Crippen LogP contribution in [0.25, 0.3) is 0 Å². The van der Waals surface area contributed by atoms with Gasteiger partial charge < -0.3 is 11.1 Å². The highest BCUT2D eigenvalue weighted by Crippen LogP contribution is 2.49. The van der Waals surface area contributed by atoms with Crippen LogP contribution >= 0.6 is 27.5 Å². The number of primary amides is 1. The van der Waals surface area contributed by atoms with Crippen LogP contribution in [0, 0.1) is 11.3 Å². The molecule has 1 aromatic rings. The molecule has 1 aliphatic rings. The number of anilines is 1. The van der Waals surface area contributed by atoms with Crippen molar-refractivity contribution in [2.45, 2.75) is 39.2 Å². The maximum atomic E-state index is 12.1. The van der Waals surface area contributed by atoms with Crippen LogP contribution in [0.3, 0.4) is 0 Å². The van der Waals surface area contributed by atoms with Crippen LogP contribution in [0.15, 0.2) is 22.7 Å². The lowest BCUT2D eigenvalue weighted by Crippen LogP contribution is -2.52. The Morgan fingerprint density at radius 3 is 2.60 bits per heavy atom. The van der Waals surface area contributed by atoms with E-state index in [4.69, 9.17) is 17.3 Å². The molecule has 110 valence electrons. The summed E-state index contributed by atoms with van der Waals surface area (Å²) in [6, 6.07) is 5.55. The zero-order valence-corrected chi connectivity index (χ0v) is 14.3. The molecule has 2 unspecified atom stereocenters. The number of amides is 1. The van der Waals surface area contributed by atoms with Crippen molar-refractivity contribution in [3.05, 3.63) is 27.7 Å². The van der Waals surface area contributed by atoms with Gasteiger partial charge in [-0.15, -0.1) is 0 Å². The topological polar surface area (TPSA) is 55.1 Å². The molecule has 0 bridgehead atoms. The number of hydrogen-bond donors (Lipinski definition) is 2. The van der Waals surface area contributed by atoms with Crippen LogP contribution in [0.1, 0.15) is 33.6 Å². The molecule has 1 amide bonds. The minimum Gasteiger partial charge on any atom is -0.371 e. The number of carbonyl (C=O) groups excluding carboxylic acids is 1. The van der Waals surface area contributed by atoms with Crippen molar-refractivity contribution < 1.29 is 4.79 Å². The summed E-state index contributed by atoms with van der Waals surface area (Å²) in [7, 11) is 0. The third-order valence-corrected chi connectivity index (χ3v) is 5.40. The first kappa shape index (κ1) is 15.6. The summed E-state index contributed by atoms with van der Waals surface area (Å²) < 4.78 is 0.800. The summed E-state index contributed by atoms with van der Waals surface area (Å²) >= 11 is 9.40. The Balaban J connectivity index is 2.35. The summed E-state index contributed by atoms with van der Waals surface area (Å²) in [5.74, 6) is -0.105. The number of rotatable bonds is 3. The quantitative estimate of drug-likeness (QED) is 0.850. The fourth-order valence-electron chi connectivity index (χ4n) is 3.39. The molecule has 3 nitrogen and oxygen atoms in total. The van der Waals surface area contributed by atoms with Gasteiger partial charge in [0.15, 0.2) is 0 Å². The van der Waals surface area contributed by atoms with Gasteiger partial charge in [0.1, 0.15) is 5.54 Å². The minimum atomic E-state index is -0.698. The summed E-state index contributed by atoms with van der Waals surface area (Å²) in [5.41, 5.74) is 5.98. The lowest BCUT2D eigenvalue weighted by atomic mass is 9.85. The number of benzene rings is 1. The minimum absolute atomic E-state index is 0.102. The smallest absolute Gasteiger partial charge is 0.243 e. The maximum Gasteiger partial charge on any atom is 0.243 e. The SMILES string of the molecule is CC1CC(C)(C)CC1(Nc1ccc(Cl)c(Br)c1)C(N)=O. The average Bonchev–Trinajstić information content (AvgIpc) is 2.54. The molecule has 0 heterocycles. The molecule has 2 rings (SSSR count). The van der Waals surface area contributed by atoms with Gasteiger partial charge in [0.05, 0.1) is 5.02 Å². The Labute approximate surface area is 133 Å². The standard InChI is InChI=1S/C15H20BrClN2O/c1-9-7-14(2,3)8-15(9,13(18)20)19-10-4-5-12(17)11(16)6-10/h4-6,9,19H,7-8H2,1-3H3,(H2,18,20). The summed E-state index contributed by atoms with van der Waals surface area (Å²) in [5, 5.41) is 4.01. The Morgan fingerprint density at radius 1 is 1.50 bits per heavy atom. The molecule has 1 fully saturated rings. The predicted octanol–water partition coefficient (Wildman–Crippen LogP) is 4.19. The van der Waals surface area contributed by atoms with Gasteiger partial charge in [-0.2, -0.15) is 0 Å². The third kappa shape index (κ3) is 2.82. The molecule has 0 aromatic heterocycles. The molecule has 3 N–H and O–H groups in total. The highest BCUT2D eigenvalue weighted by atomic mass is 79.9. The third-order valence-electron chi connectivity index (χ3n) is 4.18. The molecule has 0 aliphatic heterocycles. The average molecular weight is 360 g/mol. The first-order chi connectivity index (χ1) is 9.16. The number of carbonyl (C=O) groups is 1. The number of nitrogens with one attached hydrogen (secondary N) is 1. The van der Waals surface area contributed by atoms with E-state index in [1.54, 1.807) is 6.07 Å². The van der Waals surface area contributed by atoms with Crippen molar-refractivity contribution in [3.63, 3.8) is 0 Å². The molecule has 5 heteroatoms. The maximum absolute atomic E-state index is 12.1. The highest BCUT2D eigenvalue weighted by molar-refractivity contribution is 9.10. The molecule has 1 saturated carbocycles. The van der Waals surface area contributed by atoms with Crippen molar-refractivity contribution in [2.75, 3.05) is 5.32 Å². The molecule has 20 heavy (non-hydrogen) atoms. The van der Waals surface area contributed by atoms with E-state index in [1.807, 2.05) is 12.1 Å². The molecule has 1 aliphatic carbocycles. The first-order valence-corrected chi connectivity index (χ1v) is 7.86. The Kier molecular flexibility index (Phi) is 4.09. The summed E-state index contributed by atoms with van der Waals surface area (Å²) in [6.45, 7) is 6.43. The van der Waals surface area contributed by atoms with E-state index in [0.29, 0.717) is 5.02 Å². The Bertz CT molecular complexity index is 547. The highest BCUT2D eigenvalue weighted by Gasteiger charge is 2.52. The van der Waals surface area contributed by atoms with Gasteiger partial charge in [-0.3, -0.25) is 4.79 Å². The monoisotopic (exact) mass is 358 g/mol. The van der Waals surface area contributed by atoms with E-state index in [2.05, 4.69) is 42.0 Å². The fraction of sp³-hybridized carbons (Fsp3) is 0.533. The number of nitrogens with two attached hydrogens (primary N) is 1. The van der Waals surface area contributed by atoms with E-state index >= 15 is 0 Å². The Hall–Kier alpha value is -0.740. The lowest BCUT2D eigenvalue weighted by molar-refractivity contribution is -0.123. The number of halogens is 2. The van der Waals surface area contributed by atoms with Gasteiger partial charge in [0.2, 0.25) is 5.91 Å². The summed E-state index contributed by atoms with van der Waals surface area (Å²) in [6.07, 6.45) is 1.70. The first-order valence-electron chi connectivity index (χ1n) is 6.69. The molecule has 0 saturated heterocycles. The Morgan fingerprint density at radius 2 is 2.15 bits per heavy atom. The van der Waals surface area contributed by atoms with Crippen LogP contribution < -0.4 is 11.1 Å². The fourth-order valence-corrected chi connectivity index (χ4v) is 3.89. The zero-order valence-electron chi connectivity index (χ0n) is 12.0. The molecular formula is C15H20BrClN2O. The van der Waals surface area contributed by atoms with Crippen molar-refractivity contribution in [3.8, 4) is 0 Å². The van der Waals surface area contributed by atoms with Gasteiger partial charge in [-0.1, -0.05) is 32.4 Å². The van der Waals surface area contributed by atoms with E-state index in [0.717, 1.165) is 23.0 Å². The van der Waals surface area contributed by atoms with E-state index in [-0.39, 0.29) is 17.2 Å². The van der Waals surface area contributed by atoms with Crippen LogP contribution in [0.2, 0.25) is 5.02 Å². The van der Waals surface area contributed by atoms with Gasteiger partial charge in [0, 0.05) is 10.2 Å². The molecular weight excluding hydrogens is 340 g/mol. The van der Waals surface area contributed by atoms with Gasteiger partial charge in [0.25, 0.3) is 0 Å². The van der Waals surface area contributed by atoms with Crippen LogP contribution in [0.5, 0.6) is 0 Å². The second-order valence-electron chi connectivity index (χ2n) is 6.54. The van der Waals surface area contributed by atoms with Gasteiger partial charge >= 0.3 is 0 Å². The van der Waals surface area contributed by atoms with Crippen molar-refractivity contribution in [2.24, 2.45) is 17.1 Å². The van der Waals surface area contributed by atoms with Crippen molar-refractivity contribution >= 4 is 39.1 Å². The van der Waals surface area contributed by atoms with Crippen LogP contribution in [-0.4, -0.2) is 11.4 Å². The molecule has 0 spiro atoms. The van der Waals surface area contributed by atoms with Crippen LogP contribution in [-0.2, 0) is 4.79 Å². The van der Waals surface area contributed by atoms with Gasteiger partial charge in [-0.25, -0.2) is 0 Å². The molecule has 0 radical (unpaired) electrons. The van der Waals surface area contributed by atoms with Crippen LogP contribution in [0.4, 0.5) is 5.69 Å². The summed E-state index contributed by atoms with van der Waals surface area (Å²) in [4.78, 5) is 12.1. The normalized spacial score (nSPS) is 28.4. The van der Waals surface area contributed by atoms with E-state index < -0.39 is 5.54 Å². The second-order valence-corrected chi connectivity index (χ2v) is 7.80. The van der Waals surface area contributed by atoms with Crippen molar-refractivity contribution in [1.29, 1.82) is 0 Å².